The molecular weight excluding hydrogens is 414 g/mol. The van der Waals surface area contributed by atoms with Gasteiger partial charge in [0.05, 0.1) is 19.0 Å². The van der Waals surface area contributed by atoms with Crippen LogP contribution in [0.3, 0.4) is 0 Å². The summed E-state index contributed by atoms with van der Waals surface area (Å²) >= 11 is 0. The number of aryl methyl sites for hydroxylation is 1. The van der Waals surface area contributed by atoms with Crippen molar-refractivity contribution in [3.8, 4) is 17.2 Å². The molecule has 0 aliphatic carbocycles. The third-order valence-corrected chi connectivity index (χ3v) is 4.65. The van der Waals surface area contributed by atoms with Gasteiger partial charge < -0.3 is 20.2 Å². The van der Waals surface area contributed by atoms with E-state index < -0.39 is 5.91 Å². The largest absolute Gasteiger partial charge is 0.475 e. The van der Waals surface area contributed by atoms with Gasteiger partial charge in [-0.3, -0.25) is 15.1 Å². The molecule has 0 bridgehead atoms. The quantitative estimate of drug-likeness (QED) is 0.441. The van der Waals surface area contributed by atoms with Crippen molar-refractivity contribution < 1.29 is 18.7 Å². The number of anilines is 3. The molecule has 1 aliphatic heterocycles. The molecule has 0 spiro atoms. The summed E-state index contributed by atoms with van der Waals surface area (Å²) in [5, 5.41) is 3.06. The maximum absolute atomic E-state index is 12.1. The fraction of sp³-hybridized carbons (Fsp3) is 0.238. The molecule has 0 unspecified atom stereocenters. The Kier molecular flexibility index (Phi) is 5.65. The highest BCUT2D eigenvalue weighted by atomic mass is 16.5. The molecule has 5 N–H and O–H groups in total. The first kappa shape index (κ1) is 21.1. The summed E-state index contributed by atoms with van der Waals surface area (Å²) in [6.07, 6.45) is 1.44. The summed E-state index contributed by atoms with van der Waals surface area (Å²) < 4.78 is 11.6. The molecule has 2 aromatic heterocycles. The molecule has 0 saturated carbocycles. The van der Waals surface area contributed by atoms with Gasteiger partial charge in [-0.2, -0.15) is 4.98 Å². The number of nitrogens with one attached hydrogen (secondary N) is 3. The fourth-order valence-electron chi connectivity index (χ4n) is 3.08. The minimum atomic E-state index is -0.524. The number of hydrogen-bond donors (Lipinski definition) is 4. The van der Waals surface area contributed by atoms with Gasteiger partial charge in [-0.25, -0.2) is 15.2 Å². The first-order valence-electron chi connectivity index (χ1n) is 9.93. The molecule has 1 aliphatic rings. The van der Waals surface area contributed by atoms with Crippen molar-refractivity contribution in [3.05, 3.63) is 47.7 Å². The lowest BCUT2D eigenvalue weighted by molar-refractivity contribution is 0.1000. The molecule has 0 atom stereocenters. The van der Waals surface area contributed by atoms with Gasteiger partial charge in [-0.15, -0.1) is 0 Å². The third-order valence-electron chi connectivity index (χ3n) is 4.65. The normalized spacial score (nSPS) is 13.4. The van der Waals surface area contributed by atoms with Crippen LogP contribution in [-0.4, -0.2) is 34.7 Å². The topological polar surface area (TPSA) is 148 Å². The van der Waals surface area contributed by atoms with Gasteiger partial charge in [0.1, 0.15) is 5.82 Å². The molecule has 32 heavy (non-hydrogen) atoms. The van der Waals surface area contributed by atoms with Gasteiger partial charge in [-0.1, -0.05) is 6.07 Å². The molecule has 0 radical (unpaired) electrons. The number of aromatic nitrogens is 2. The summed E-state index contributed by atoms with van der Waals surface area (Å²) in [5.41, 5.74) is 13.2. The van der Waals surface area contributed by atoms with Crippen molar-refractivity contribution in [1.29, 1.82) is 0 Å². The van der Waals surface area contributed by atoms with E-state index in [1.807, 2.05) is 20.8 Å². The van der Waals surface area contributed by atoms with E-state index in [-0.39, 0.29) is 24.8 Å². The van der Waals surface area contributed by atoms with Gasteiger partial charge in [0.15, 0.2) is 5.76 Å². The number of pyridine rings is 1. The Morgan fingerprint density at radius 2 is 2.12 bits per heavy atom. The number of urea groups is 1. The number of amides is 3. The number of primary amides is 1. The van der Waals surface area contributed by atoms with E-state index in [9.17, 15) is 9.59 Å². The maximum Gasteiger partial charge on any atom is 0.338 e. The molecule has 1 fully saturated rings. The monoisotopic (exact) mass is 437 g/mol. The number of ether oxygens (including phenoxy) is 1. The van der Waals surface area contributed by atoms with Crippen LogP contribution in [0.25, 0.3) is 11.3 Å². The zero-order chi connectivity index (χ0) is 22.8. The maximum atomic E-state index is 12.1. The number of oxazole rings is 1. The first-order valence-corrected chi connectivity index (χ1v) is 9.93. The number of carbonyl (C=O) groups excluding carboxylic acids is 2. The van der Waals surface area contributed by atoms with Crippen molar-refractivity contribution in [1.82, 2.24) is 20.8 Å². The molecule has 1 aromatic carbocycles. The van der Waals surface area contributed by atoms with Crippen molar-refractivity contribution in [2.75, 3.05) is 16.9 Å². The van der Waals surface area contributed by atoms with E-state index >= 15 is 0 Å². The van der Waals surface area contributed by atoms with Gasteiger partial charge in [0, 0.05) is 22.9 Å². The number of nitrogens with two attached hydrogens (primary N) is 1. The van der Waals surface area contributed by atoms with Gasteiger partial charge in [-0.05, 0) is 44.5 Å². The zero-order valence-electron chi connectivity index (χ0n) is 17.8. The van der Waals surface area contributed by atoms with Crippen LogP contribution in [0.1, 0.15) is 29.8 Å². The highest BCUT2D eigenvalue weighted by molar-refractivity contribution is 5.94. The molecule has 166 valence electrons. The van der Waals surface area contributed by atoms with Crippen LogP contribution in [0.2, 0.25) is 0 Å². The lowest BCUT2D eigenvalue weighted by atomic mass is 10.1. The average molecular weight is 437 g/mol. The number of benzene rings is 1. The Hall–Kier alpha value is -4.12. The zero-order valence-corrected chi connectivity index (χ0v) is 17.8. The standard InChI is InChI=1S/C21H23N7O4/c1-11(2)31-18-8-14(7-17(26-18)28-10-24-27-21(28)30)16-9-23-20(32-16)25-15-6-13(19(22)29)5-4-12(15)3/h4-9,11,24H,10H2,1-3H3,(H2,22,29)(H,23,25)(H,27,30). The predicted molar refractivity (Wildman–Crippen MR) is 117 cm³/mol. The molecular formula is C21H23N7O4. The summed E-state index contributed by atoms with van der Waals surface area (Å²) in [6, 6.07) is 8.41. The van der Waals surface area contributed by atoms with Crippen LogP contribution in [-0.2, 0) is 0 Å². The number of nitrogens with zero attached hydrogens (tertiary/aromatic N) is 3. The van der Waals surface area contributed by atoms with Gasteiger partial charge >= 0.3 is 6.03 Å². The van der Waals surface area contributed by atoms with Crippen LogP contribution in [0, 0.1) is 6.92 Å². The van der Waals surface area contributed by atoms with E-state index in [1.165, 1.54) is 4.90 Å². The molecule has 3 aromatic rings. The first-order chi connectivity index (χ1) is 15.3. The molecule has 11 heteroatoms. The van der Waals surface area contributed by atoms with Crippen LogP contribution in [0.15, 0.2) is 40.9 Å². The summed E-state index contributed by atoms with van der Waals surface area (Å²) in [4.78, 5) is 33.7. The van der Waals surface area contributed by atoms with Crippen LogP contribution in [0.4, 0.5) is 22.3 Å². The molecule has 11 nitrogen and oxygen atoms in total. The number of hydrazine groups is 1. The lowest BCUT2D eigenvalue weighted by Crippen LogP contribution is -2.29. The fourth-order valence-corrected chi connectivity index (χ4v) is 3.08. The van der Waals surface area contributed by atoms with Crippen molar-refractivity contribution >= 4 is 29.5 Å². The Morgan fingerprint density at radius 3 is 2.81 bits per heavy atom. The van der Waals surface area contributed by atoms with Crippen LogP contribution < -0.4 is 31.5 Å². The third kappa shape index (κ3) is 4.47. The summed E-state index contributed by atoms with van der Waals surface area (Å²) in [6.45, 7) is 5.92. The van der Waals surface area contributed by atoms with E-state index in [4.69, 9.17) is 14.9 Å². The predicted octanol–water partition coefficient (Wildman–Crippen LogP) is 2.67. The second-order valence-electron chi connectivity index (χ2n) is 7.46. The van der Waals surface area contributed by atoms with E-state index in [0.717, 1.165) is 5.56 Å². The Labute approximate surface area is 183 Å². The smallest absolute Gasteiger partial charge is 0.338 e. The highest BCUT2D eigenvalue weighted by Gasteiger charge is 2.24. The number of hydrogen-bond acceptors (Lipinski definition) is 8. The second kappa shape index (κ2) is 8.55. The van der Waals surface area contributed by atoms with Crippen molar-refractivity contribution in [3.63, 3.8) is 0 Å². The number of carbonyl (C=O) groups is 2. The highest BCUT2D eigenvalue weighted by Crippen LogP contribution is 2.31. The Bertz CT molecular complexity index is 1170. The molecule has 1 saturated heterocycles. The average Bonchev–Trinajstić information content (AvgIpc) is 3.38. The Morgan fingerprint density at radius 1 is 1.31 bits per heavy atom. The van der Waals surface area contributed by atoms with E-state index in [1.54, 1.807) is 36.5 Å². The molecule has 4 rings (SSSR count). The second-order valence-corrected chi connectivity index (χ2v) is 7.46. The lowest BCUT2D eigenvalue weighted by Gasteiger charge is -2.16. The number of rotatable bonds is 7. The molecule has 3 heterocycles. The SMILES string of the molecule is Cc1ccc(C(N)=O)cc1Nc1ncc(-c2cc(OC(C)C)nc(N3CNNC3=O)c2)o1. The van der Waals surface area contributed by atoms with E-state index in [2.05, 4.69) is 26.1 Å². The van der Waals surface area contributed by atoms with Crippen molar-refractivity contribution in [2.24, 2.45) is 5.73 Å². The van der Waals surface area contributed by atoms with Crippen molar-refractivity contribution in [2.45, 2.75) is 26.9 Å². The van der Waals surface area contributed by atoms with E-state index in [0.29, 0.717) is 34.3 Å². The minimum absolute atomic E-state index is 0.108. The van der Waals surface area contributed by atoms with Crippen LogP contribution in [0.5, 0.6) is 5.88 Å². The molecule has 3 amide bonds. The summed E-state index contributed by atoms with van der Waals surface area (Å²) in [5.74, 6) is 0.671. The Balaban J connectivity index is 1.65. The van der Waals surface area contributed by atoms with Gasteiger partial charge in [0.2, 0.25) is 11.8 Å². The van der Waals surface area contributed by atoms with Gasteiger partial charge in [0.25, 0.3) is 6.01 Å². The summed E-state index contributed by atoms with van der Waals surface area (Å²) in [7, 11) is 0. The van der Waals surface area contributed by atoms with Crippen LogP contribution >= 0.6 is 0 Å². The minimum Gasteiger partial charge on any atom is -0.475 e.